The third-order valence-corrected chi connectivity index (χ3v) is 2.42. The first kappa shape index (κ1) is 6.81. The van der Waals surface area contributed by atoms with E-state index < -0.39 is 5.60 Å². The summed E-state index contributed by atoms with van der Waals surface area (Å²) in [6.45, 7) is 5.69. The molecule has 1 rings (SSSR count). The van der Waals surface area contributed by atoms with Crippen LogP contribution in [0.25, 0.3) is 0 Å². The van der Waals surface area contributed by atoms with E-state index in [2.05, 4.69) is 13.5 Å². The standard InChI is InChI=1S/C8H14O/c1-3-8(9)6-4-5-7(8)2/h3,7,9H,1,4-6H2,2H3. The summed E-state index contributed by atoms with van der Waals surface area (Å²) in [5.41, 5.74) is -0.542. The molecule has 9 heavy (non-hydrogen) atoms. The zero-order valence-electron chi connectivity index (χ0n) is 5.93. The fraction of sp³-hybridized carbons (Fsp3) is 0.750. The molecule has 0 aliphatic heterocycles. The molecule has 0 spiro atoms. The van der Waals surface area contributed by atoms with Gasteiger partial charge in [0.15, 0.2) is 0 Å². The molecule has 1 fully saturated rings. The minimum atomic E-state index is -0.542. The van der Waals surface area contributed by atoms with Crippen molar-refractivity contribution < 1.29 is 5.11 Å². The van der Waals surface area contributed by atoms with Crippen LogP contribution in [0.2, 0.25) is 0 Å². The van der Waals surface area contributed by atoms with E-state index in [9.17, 15) is 5.11 Å². The first-order chi connectivity index (χ1) is 4.19. The smallest absolute Gasteiger partial charge is 0.0850 e. The number of hydrogen-bond acceptors (Lipinski definition) is 1. The van der Waals surface area contributed by atoms with Crippen molar-refractivity contribution >= 4 is 0 Å². The van der Waals surface area contributed by atoms with E-state index in [1.54, 1.807) is 6.08 Å². The Hall–Kier alpha value is -0.300. The summed E-state index contributed by atoms with van der Waals surface area (Å²) in [5, 5.41) is 9.65. The summed E-state index contributed by atoms with van der Waals surface area (Å²) in [7, 11) is 0. The first-order valence-electron chi connectivity index (χ1n) is 3.55. The molecule has 0 aromatic rings. The second kappa shape index (κ2) is 2.14. The Morgan fingerprint density at radius 1 is 1.78 bits per heavy atom. The summed E-state index contributed by atoms with van der Waals surface area (Å²) in [6, 6.07) is 0. The van der Waals surface area contributed by atoms with Gasteiger partial charge in [0, 0.05) is 0 Å². The van der Waals surface area contributed by atoms with Crippen molar-refractivity contribution in [3.8, 4) is 0 Å². The largest absolute Gasteiger partial charge is 0.386 e. The molecule has 0 aromatic carbocycles. The number of rotatable bonds is 1. The molecule has 1 N–H and O–H groups in total. The molecule has 2 unspecified atom stereocenters. The Morgan fingerprint density at radius 2 is 2.44 bits per heavy atom. The molecule has 1 heteroatoms. The van der Waals surface area contributed by atoms with Crippen molar-refractivity contribution in [1.29, 1.82) is 0 Å². The summed E-state index contributed by atoms with van der Waals surface area (Å²) in [4.78, 5) is 0. The van der Waals surface area contributed by atoms with Crippen LogP contribution in [0.1, 0.15) is 26.2 Å². The summed E-state index contributed by atoms with van der Waals surface area (Å²) in [5.74, 6) is 0.412. The number of hydrogen-bond donors (Lipinski definition) is 1. The van der Waals surface area contributed by atoms with E-state index >= 15 is 0 Å². The van der Waals surface area contributed by atoms with Gasteiger partial charge in [-0.3, -0.25) is 0 Å². The van der Waals surface area contributed by atoms with Crippen LogP contribution in [0.4, 0.5) is 0 Å². The van der Waals surface area contributed by atoms with Gasteiger partial charge < -0.3 is 5.11 Å². The highest BCUT2D eigenvalue weighted by atomic mass is 16.3. The van der Waals surface area contributed by atoms with Gasteiger partial charge in [0.1, 0.15) is 0 Å². The molecule has 0 amide bonds. The van der Waals surface area contributed by atoms with Crippen LogP contribution in [0.15, 0.2) is 12.7 Å². The van der Waals surface area contributed by atoms with Gasteiger partial charge in [-0.15, -0.1) is 6.58 Å². The average molecular weight is 126 g/mol. The van der Waals surface area contributed by atoms with Crippen molar-refractivity contribution in [2.75, 3.05) is 0 Å². The Kier molecular flexibility index (Phi) is 1.62. The minimum Gasteiger partial charge on any atom is -0.386 e. The van der Waals surface area contributed by atoms with Gasteiger partial charge in [-0.25, -0.2) is 0 Å². The van der Waals surface area contributed by atoms with Crippen molar-refractivity contribution in [2.45, 2.75) is 31.8 Å². The average Bonchev–Trinajstić information content (AvgIpc) is 2.15. The van der Waals surface area contributed by atoms with E-state index in [-0.39, 0.29) is 0 Å². The second-order valence-corrected chi connectivity index (χ2v) is 2.99. The Balaban J connectivity index is 2.66. The van der Waals surface area contributed by atoms with E-state index in [0.29, 0.717) is 5.92 Å². The maximum atomic E-state index is 9.65. The molecule has 0 bridgehead atoms. The molecule has 1 aliphatic carbocycles. The predicted octanol–water partition coefficient (Wildman–Crippen LogP) is 1.72. The molecular weight excluding hydrogens is 112 g/mol. The van der Waals surface area contributed by atoms with Crippen molar-refractivity contribution in [3.05, 3.63) is 12.7 Å². The van der Waals surface area contributed by atoms with Gasteiger partial charge in [-0.2, -0.15) is 0 Å². The summed E-state index contributed by atoms with van der Waals surface area (Å²) >= 11 is 0. The van der Waals surface area contributed by atoms with E-state index in [0.717, 1.165) is 19.3 Å². The molecule has 0 heterocycles. The van der Waals surface area contributed by atoms with E-state index in [1.165, 1.54) is 0 Å². The molecular formula is C8H14O. The SMILES string of the molecule is C=CC1(O)CCCC1C. The fourth-order valence-electron chi connectivity index (χ4n) is 1.49. The summed E-state index contributed by atoms with van der Waals surface area (Å²) in [6.07, 6.45) is 4.87. The van der Waals surface area contributed by atoms with Crippen LogP contribution in [0.5, 0.6) is 0 Å². The lowest BCUT2D eigenvalue weighted by Crippen LogP contribution is -2.27. The number of aliphatic hydroxyl groups is 1. The second-order valence-electron chi connectivity index (χ2n) is 2.99. The maximum Gasteiger partial charge on any atom is 0.0850 e. The quantitative estimate of drug-likeness (QED) is 0.530. The highest BCUT2D eigenvalue weighted by Gasteiger charge is 2.34. The third-order valence-electron chi connectivity index (χ3n) is 2.42. The van der Waals surface area contributed by atoms with Crippen LogP contribution in [-0.2, 0) is 0 Å². The van der Waals surface area contributed by atoms with Gasteiger partial charge >= 0.3 is 0 Å². The third kappa shape index (κ3) is 1.01. The van der Waals surface area contributed by atoms with Crippen LogP contribution in [0.3, 0.4) is 0 Å². The van der Waals surface area contributed by atoms with E-state index in [4.69, 9.17) is 0 Å². The Labute approximate surface area is 56.4 Å². The molecule has 1 saturated carbocycles. The molecule has 1 aliphatic rings. The molecule has 0 saturated heterocycles. The lowest BCUT2D eigenvalue weighted by atomic mass is 9.93. The highest BCUT2D eigenvalue weighted by Crippen LogP contribution is 2.35. The monoisotopic (exact) mass is 126 g/mol. The van der Waals surface area contributed by atoms with E-state index in [1.807, 2.05) is 0 Å². The zero-order valence-corrected chi connectivity index (χ0v) is 5.93. The zero-order chi connectivity index (χ0) is 6.91. The highest BCUT2D eigenvalue weighted by molar-refractivity contribution is 5.02. The van der Waals surface area contributed by atoms with Gasteiger partial charge in [-0.1, -0.05) is 13.0 Å². The lowest BCUT2D eigenvalue weighted by molar-refractivity contribution is 0.0590. The van der Waals surface area contributed by atoms with Gasteiger partial charge in [0.2, 0.25) is 0 Å². The van der Waals surface area contributed by atoms with Crippen molar-refractivity contribution in [1.82, 2.24) is 0 Å². The maximum absolute atomic E-state index is 9.65. The molecule has 52 valence electrons. The summed E-state index contributed by atoms with van der Waals surface area (Å²) < 4.78 is 0. The first-order valence-corrected chi connectivity index (χ1v) is 3.55. The molecule has 1 nitrogen and oxygen atoms in total. The Bertz CT molecular complexity index is 120. The van der Waals surface area contributed by atoms with Crippen molar-refractivity contribution in [3.63, 3.8) is 0 Å². The van der Waals surface area contributed by atoms with Gasteiger partial charge in [0.05, 0.1) is 5.60 Å². The Morgan fingerprint density at radius 3 is 2.67 bits per heavy atom. The lowest BCUT2D eigenvalue weighted by Gasteiger charge is -2.22. The van der Waals surface area contributed by atoms with Gasteiger partial charge in [0.25, 0.3) is 0 Å². The molecule has 0 aromatic heterocycles. The molecule has 2 atom stereocenters. The van der Waals surface area contributed by atoms with Crippen LogP contribution in [-0.4, -0.2) is 10.7 Å². The van der Waals surface area contributed by atoms with Crippen LogP contribution >= 0.6 is 0 Å². The molecule has 0 radical (unpaired) electrons. The van der Waals surface area contributed by atoms with Crippen LogP contribution < -0.4 is 0 Å². The van der Waals surface area contributed by atoms with Crippen molar-refractivity contribution in [2.24, 2.45) is 5.92 Å². The fourth-order valence-corrected chi connectivity index (χ4v) is 1.49. The topological polar surface area (TPSA) is 20.2 Å². The normalized spacial score (nSPS) is 43.1. The van der Waals surface area contributed by atoms with Gasteiger partial charge in [-0.05, 0) is 25.2 Å². The van der Waals surface area contributed by atoms with Crippen LogP contribution in [0, 0.1) is 5.92 Å². The predicted molar refractivity (Wildman–Crippen MR) is 38.2 cm³/mol. The minimum absolute atomic E-state index is 0.412.